The molecule has 1 heterocycles. The number of rotatable bonds is 4. The number of nitrogens with one attached hydrogen (secondary N) is 2. The van der Waals surface area contributed by atoms with Crippen LogP contribution in [0, 0.1) is 0 Å². The van der Waals surface area contributed by atoms with Gasteiger partial charge in [-0.2, -0.15) is 0 Å². The van der Waals surface area contributed by atoms with Crippen molar-refractivity contribution in [2.45, 2.75) is 16.5 Å². The summed E-state index contributed by atoms with van der Waals surface area (Å²) >= 11 is 8.00. The van der Waals surface area contributed by atoms with Crippen LogP contribution in [0.5, 0.6) is 0 Å². The van der Waals surface area contributed by atoms with Crippen LogP contribution in [-0.2, 0) is 6.54 Å². The third-order valence-electron chi connectivity index (χ3n) is 3.15. The summed E-state index contributed by atoms with van der Waals surface area (Å²) in [4.78, 5) is 4.61. The summed E-state index contributed by atoms with van der Waals surface area (Å²) in [5, 5.41) is 6.33. The molecule has 102 valence electrons. The Morgan fingerprint density at radius 3 is 2.80 bits per heavy atom. The van der Waals surface area contributed by atoms with Crippen LogP contribution in [0.2, 0.25) is 5.02 Å². The van der Waals surface area contributed by atoms with Crippen LogP contribution in [0.3, 0.4) is 0 Å². The molecule has 2 nitrogen and oxygen atoms in total. The summed E-state index contributed by atoms with van der Waals surface area (Å²) in [5.41, 5.74) is 2.30. The summed E-state index contributed by atoms with van der Waals surface area (Å²) < 4.78 is 0. The SMILES string of the molecule is CNCc1c(Cl)cccc1Sc1cc2ccccc2[nH]1. The third-order valence-corrected chi connectivity index (χ3v) is 4.55. The monoisotopic (exact) mass is 302 g/mol. The molecule has 3 rings (SSSR count). The lowest BCUT2D eigenvalue weighted by Crippen LogP contribution is -2.06. The molecule has 2 N–H and O–H groups in total. The van der Waals surface area contributed by atoms with Crippen LogP contribution in [0.15, 0.2) is 58.5 Å². The summed E-state index contributed by atoms with van der Waals surface area (Å²) in [6.45, 7) is 0.766. The Bertz CT molecular complexity index is 703. The maximum atomic E-state index is 6.29. The van der Waals surface area contributed by atoms with Gasteiger partial charge >= 0.3 is 0 Å². The average Bonchev–Trinajstić information content (AvgIpc) is 2.85. The lowest BCUT2D eigenvalue weighted by molar-refractivity contribution is 0.803. The zero-order valence-corrected chi connectivity index (χ0v) is 12.7. The second-order valence-corrected chi connectivity index (χ2v) is 6.06. The predicted octanol–water partition coefficient (Wildman–Crippen LogP) is 4.69. The number of halogens is 1. The van der Waals surface area contributed by atoms with Gasteiger partial charge in [0.2, 0.25) is 0 Å². The first-order chi connectivity index (χ1) is 9.78. The first kappa shape index (κ1) is 13.6. The minimum Gasteiger partial charge on any atom is -0.349 e. The maximum absolute atomic E-state index is 6.29. The van der Waals surface area contributed by atoms with Crippen molar-refractivity contribution < 1.29 is 0 Å². The molecule has 0 saturated heterocycles. The van der Waals surface area contributed by atoms with Gasteiger partial charge in [0.25, 0.3) is 0 Å². The quantitative estimate of drug-likeness (QED) is 0.731. The molecule has 3 aromatic rings. The van der Waals surface area contributed by atoms with Gasteiger partial charge in [-0.3, -0.25) is 0 Å². The molecule has 4 heteroatoms. The van der Waals surface area contributed by atoms with Crippen molar-refractivity contribution in [3.63, 3.8) is 0 Å². The average molecular weight is 303 g/mol. The maximum Gasteiger partial charge on any atom is 0.0781 e. The van der Waals surface area contributed by atoms with Crippen LogP contribution in [0.25, 0.3) is 10.9 Å². The van der Waals surface area contributed by atoms with Crippen molar-refractivity contribution in [3.8, 4) is 0 Å². The normalized spacial score (nSPS) is 11.1. The molecule has 0 fully saturated rings. The van der Waals surface area contributed by atoms with Gasteiger partial charge in [-0.1, -0.05) is 47.6 Å². The van der Waals surface area contributed by atoms with Crippen LogP contribution < -0.4 is 5.32 Å². The van der Waals surface area contributed by atoms with Gasteiger partial charge < -0.3 is 10.3 Å². The molecule has 20 heavy (non-hydrogen) atoms. The van der Waals surface area contributed by atoms with E-state index in [1.165, 1.54) is 10.3 Å². The van der Waals surface area contributed by atoms with E-state index in [0.29, 0.717) is 0 Å². The van der Waals surface area contributed by atoms with Crippen LogP contribution in [-0.4, -0.2) is 12.0 Å². The smallest absolute Gasteiger partial charge is 0.0781 e. The highest BCUT2D eigenvalue weighted by Gasteiger charge is 2.09. The Balaban J connectivity index is 1.96. The van der Waals surface area contributed by atoms with E-state index >= 15 is 0 Å². The van der Waals surface area contributed by atoms with E-state index in [4.69, 9.17) is 11.6 Å². The van der Waals surface area contributed by atoms with Gasteiger partial charge in [0.1, 0.15) is 0 Å². The fourth-order valence-corrected chi connectivity index (χ4v) is 3.54. The van der Waals surface area contributed by atoms with E-state index in [9.17, 15) is 0 Å². The van der Waals surface area contributed by atoms with Crippen LogP contribution in [0.4, 0.5) is 0 Å². The Morgan fingerprint density at radius 2 is 2.00 bits per heavy atom. The van der Waals surface area contributed by atoms with E-state index < -0.39 is 0 Å². The molecule has 0 radical (unpaired) electrons. The Hall–Kier alpha value is -1.42. The van der Waals surface area contributed by atoms with E-state index in [2.05, 4.69) is 40.6 Å². The Labute approximate surface area is 127 Å². The molecule has 0 bridgehead atoms. The lowest BCUT2D eigenvalue weighted by atomic mass is 10.2. The Kier molecular flexibility index (Phi) is 4.01. The number of para-hydroxylation sites is 1. The molecule has 2 aromatic carbocycles. The summed E-state index contributed by atoms with van der Waals surface area (Å²) in [6.07, 6.45) is 0. The first-order valence-corrected chi connectivity index (χ1v) is 7.65. The summed E-state index contributed by atoms with van der Waals surface area (Å²) in [5.74, 6) is 0. The first-order valence-electron chi connectivity index (χ1n) is 6.45. The zero-order valence-electron chi connectivity index (χ0n) is 11.1. The predicted molar refractivity (Wildman–Crippen MR) is 86.6 cm³/mol. The molecule has 0 aliphatic carbocycles. The standard InChI is InChI=1S/C16H15ClN2S/c1-18-10-12-13(17)6-4-8-15(12)20-16-9-11-5-2-3-7-14(11)19-16/h2-9,18-19H,10H2,1H3. The van der Waals surface area contributed by atoms with Gasteiger partial charge in [-0.05, 0) is 36.9 Å². The zero-order chi connectivity index (χ0) is 13.9. The number of aromatic nitrogens is 1. The molecule has 0 aliphatic heterocycles. The molecule has 0 aliphatic rings. The van der Waals surface area contributed by atoms with E-state index in [0.717, 1.165) is 27.7 Å². The molecule has 0 amide bonds. The minimum atomic E-state index is 0.766. The van der Waals surface area contributed by atoms with Gasteiger partial charge in [0.15, 0.2) is 0 Å². The van der Waals surface area contributed by atoms with Crippen molar-refractivity contribution in [2.75, 3.05) is 7.05 Å². The van der Waals surface area contributed by atoms with Crippen molar-refractivity contribution >= 4 is 34.3 Å². The molecule has 0 atom stereocenters. The van der Waals surface area contributed by atoms with Crippen molar-refractivity contribution in [2.24, 2.45) is 0 Å². The summed E-state index contributed by atoms with van der Waals surface area (Å²) in [7, 11) is 1.93. The highest BCUT2D eigenvalue weighted by atomic mass is 35.5. The second kappa shape index (κ2) is 5.92. The number of hydrogen-bond acceptors (Lipinski definition) is 2. The van der Waals surface area contributed by atoms with Crippen molar-refractivity contribution in [3.05, 3.63) is 59.1 Å². The third kappa shape index (κ3) is 2.70. The fourth-order valence-electron chi connectivity index (χ4n) is 2.20. The highest BCUT2D eigenvalue weighted by Crippen LogP contribution is 2.34. The minimum absolute atomic E-state index is 0.766. The van der Waals surface area contributed by atoms with Gasteiger partial charge in [0.05, 0.1) is 5.03 Å². The van der Waals surface area contributed by atoms with E-state index in [1.54, 1.807) is 11.8 Å². The lowest BCUT2D eigenvalue weighted by Gasteiger charge is -2.09. The van der Waals surface area contributed by atoms with E-state index in [1.807, 2.05) is 25.2 Å². The number of hydrogen-bond donors (Lipinski definition) is 2. The Morgan fingerprint density at radius 1 is 1.15 bits per heavy atom. The molecular formula is C16H15ClN2S. The van der Waals surface area contributed by atoms with Gasteiger partial charge in [0, 0.05) is 27.4 Å². The number of benzene rings is 2. The topological polar surface area (TPSA) is 27.8 Å². The summed E-state index contributed by atoms with van der Waals surface area (Å²) in [6, 6.07) is 16.5. The number of H-pyrrole nitrogens is 1. The van der Waals surface area contributed by atoms with Crippen LogP contribution >= 0.6 is 23.4 Å². The highest BCUT2D eigenvalue weighted by molar-refractivity contribution is 7.99. The number of aromatic amines is 1. The molecule has 0 saturated carbocycles. The largest absolute Gasteiger partial charge is 0.349 e. The fraction of sp³-hybridized carbons (Fsp3) is 0.125. The second-order valence-electron chi connectivity index (χ2n) is 4.57. The van der Waals surface area contributed by atoms with Crippen molar-refractivity contribution in [1.82, 2.24) is 10.3 Å². The molecular weight excluding hydrogens is 288 g/mol. The van der Waals surface area contributed by atoms with Gasteiger partial charge in [-0.25, -0.2) is 0 Å². The molecule has 1 aromatic heterocycles. The van der Waals surface area contributed by atoms with E-state index in [-0.39, 0.29) is 0 Å². The molecule has 0 spiro atoms. The van der Waals surface area contributed by atoms with Gasteiger partial charge in [-0.15, -0.1) is 0 Å². The van der Waals surface area contributed by atoms with Crippen molar-refractivity contribution in [1.29, 1.82) is 0 Å². The van der Waals surface area contributed by atoms with Crippen LogP contribution in [0.1, 0.15) is 5.56 Å². The number of fused-ring (bicyclic) bond motifs is 1. The molecule has 0 unspecified atom stereocenters.